The summed E-state index contributed by atoms with van der Waals surface area (Å²) in [7, 11) is 0. The van der Waals surface area contributed by atoms with Gasteiger partial charge >= 0.3 is 0 Å². The largest absolute Gasteiger partial charge is 0.386 e. The molecule has 1 atom stereocenters. The van der Waals surface area contributed by atoms with Crippen LogP contribution in [0.3, 0.4) is 0 Å². The molecule has 1 aliphatic rings. The topological polar surface area (TPSA) is 69.1 Å². The second kappa shape index (κ2) is 5.92. The maximum atomic E-state index is 14.8. The number of amidine groups is 1. The number of fused-ring (bicyclic) bond motifs is 1. The van der Waals surface area contributed by atoms with E-state index < -0.39 is 5.54 Å². The van der Waals surface area contributed by atoms with Crippen molar-refractivity contribution in [2.24, 2.45) is 10.7 Å². The lowest BCUT2D eigenvalue weighted by molar-refractivity contribution is 0.470. The number of aromatic nitrogens is 3. The Kier molecular flexibility index (Phi) is 3.80. The summed E-state index contributed by atoms with van der Waals surface area (Å²) in [6.07, 6.45) is 3.25. The van der Waals surface area contributed by atoms with Crippen LogP contribution < -0.4 is 5.73 Å². The Morgan fingerprint density at radius 3 is 2.77 bits per heavy atom. The van der Waals surface area contributed by atoms with Gasteiger partial charge in [-0.05, 0) is 43.7 Å². The summed E-state index contributed by atoms with van der Waals surface area (Å²) >= 11 is 6.04. The first kappa shape index (κ1) is 16.7. The number of hydrogen-bond donors (Lipinski definition) is 1. The summed E-state index contributed by atoms with van der Waals surface area (Å²) in [6.45, 7) is 4.15. The molecule has 2 aromatic heterocycles. The van der Waals surface area contributed by atoms with Gasteiger partial charge in [0.25, 0.3) is 0 Å². The van der Waals surface area contributed by atoms with E-state index in [1.807, 2.05) is 19.9 Å². The van der Waals surface area contributed by atoms with E-state index in [0.29, 0.717) is 23.0 Å². The van der Waals surface area contributed by atoms with E-state index in [0.717, 1.165) is 22.5 Å². The fraction of sp³-hybridized carbons (Fsp3) is 0.211. The molecule has 3 aromatic rings. The van der Waals surface area contributed by atoms with Crippen LogP contribution in [0.2, 0.25) is 5.02 Å². The minimum absolute atomic E-state index is 0.352. The number of benzene rings is 1. The van der Waals surface area contributed by atoms with Gasteiger partial charge in [0, 0.05) is 23.5 Å². The zero-order valence-corrected chi connectivity index (χ0v) is 15.1. The number of aliphatic imine (C=N–C) groups is 1. The Bertz CT molecular complexity index is 1040. The summed E-state index contributed by atoms with van der Waals surface area (Å²) in [5.41, 5.74) is 8.76. The molecule has 0 saturated heterocycles. The third-order valence-corrected chi connectivity index (χ3v) is 4.82. The number of aryl methyl sites for hydroxylation is 1. The molecule has 5 nitrogen and oxygen atoms in total. The molecular weight excluding hydrogens is 353 g/mol. The molecular formula is C19H17ClFN5. The monoisotopic (exact) mass is 369 g/mol. The molecule has 1 aromatic carbocycles. The van der Waals surface area contributed by atoms with E-state index >= 15 is 0 Å². The maximum absolute atomic E-state index is 14.8. The molecule has 26 heavy (non-hydrogen) atoms. The van der Waals surface area contributed by atoms with E-state index in [1.165, 1.54) is 6.07 Å². The van der Waals surface area contributed by atoms with E-state index in [1.54, 1.807) is 35.3 Å². The van der Waals surface area contributed by atoms with Gasteiger partial charge in [0.15, 0.2) is 0 Å². The van der Waals surface area contributed by atoms with Crippen molar-refractivity contribution in [3.8, 4) is 11.1 Å². The molecule has 2 N–H and O–H groups in total. The highest BCUT2D eigenvalue weighted by Crippen LogP contribution is 2.39. The fourth-order valence-electron chi connectivity index (χ4n) is 3.44. The van der Waals surface area contributed by atoms with Crippen LogP contribution in [0.4, 0.5) is 4.39 Å². The minimum atomic E-state index is -0.963. The van der Waals surface area contributed by atoms with Crippen molar-refractivity contribution in [2.75, 3.05) is 0 Å². The van der Waals surface area contributed by atoms with Gasteiger partial charge in [0.05, 0.1) is 23.0 Å². The van der Waals surface area contributed by atoms with E-state index in [9.17, 15) is 4.39 Å². The van der Waals surface area contributed by atoms with E-state index in [2.05, 4.69) is 15.1 Å². The first-order valence-electron chi connectivity index (χ1n) is 8.17. The summed E-state index contributed by atoms with van der Waals surface area (Å²) in [5, 5.41) is 4.97. The van der Waals surface area contributed by atoms with Crippen LogP contribution in [0.1, 0.15) is 23.9 Å². The third-order valence-electron chi connectivity index (χ3n) is 4.61. The quantitative estimate of drug-likeness (QED) is 0.749. The zero-order chi connectivity index (χ0) is 18.5. The fourth-order valence-corrected chi connectivity index (χ4v) is 3.61. The van der Waals surface area contributed by atoms with Crippen molar-refractivity contribution in [1.82, 2.24) is 14.8 Å². The normalized spacial score (nSPS) is 19.2. The lowest BCUT2D eigenvalue weighted by Crippen LogP contribution is -2.37. The second-order valence-corrected chi connectivity index (χ2v) is 7.03. The van der Waals surface area contributed by atoms with Crippen molar-refractivity contribution in [1.29, 1.82) is 0 Å². The Balaban J connectivity index is 1.92. The van der Waals surface area contributed by atoms with Crippen LogP contribution in [0.5, 0.6) is 0 Å². The van der Waals surface area contributed by atoms with Gasteiger partial charge in [-0.2, -0.15) is 5.10 Å². The molecule has 0 bridgehead atoms. The Morgan fingerprint density at radius 1 is 1.19 bits per heavy atom. The first-order valence-corrected chi connectivity index (χ1v) is 8.55. The molecule has 0 fully saturated rings. The summed E-state index contributed by atoms with van der Waals surface area (Å²) < 4.78 is 16.6. The molecule has 132 valence electrons. The number of halogens is 2. The summed E-state index contributed by atoms with van der Waals surface area (Å²) in [6, 6.07) is 8.62. The van der Waals surface area contributed by atoms with Gasteiger partial charge in [0.1, 0.15) is 17.2 Å². The molecule has 0 aliphatic carbocycles. The SMILES string of the molecule is Cc1cc2n(n1)CC(N)=NC2(C)c1cc(-c2cncc(Cl)c2)ccc1F. The summed E-state index contributed by atoms with van der Waals surface area (Å²) in [5.74, 6) is 0.0624. The standard InChI is InChI=1S/C19H17ClFN5/c1-11-5-17-19(2,24-18(22)10-26(17)25-11)15-7-12(3-4-16(15)21)13-6-14(20)9-23-8-13/h3-9H,10H2,1-2H3,(H2,22,24). The average Bonchev–Trinajstić information content (AvgIpc) is 2.96. The van der Waals surface area contributed by atoms with Gasteiger partial charge < -0.3 is 5.73 Å². The van der Waals surface area contributed by atoms with Crippen molar-refractivity contribution in [3.63, 3.8) is 0 Å². The van der Waals surface area contributed by atoms with Gasteiger partial charge in [-0.1, -0.05) is 17.7 Å². The molecule has 1 unspecified atom stereocenters. The number of nitrogens with zero attached hydrogens (tertiary/aromatic N) is 4. The van der Waals surface area contributed by atoms with Crippen molar-refractivity contribution in [3.05, 3.63) is 70.5 Å². The first-order chi connectivity index (χ1) is 12.4. The van der Waals surface area contributed by atoms with Gasteiger partial charge in [-0.3, -0.25) is 14.7 Å². The molecule has 0 spiro atoms. The minimum Gasteiger partial charge on any atom is -0.386 e. The number of hydrogen-bond acceptors (Lipinski definition) is 4. The van der Waals surface area contributed by atoms with Crippen LogP contribution >= 0.6 is 11.6 Å². The van der Waals surface area contributed by atoms with Crippen molar-refractivity contribution < 1.29 is 4.39 Å². The predicted octanol–water partition coefficient (Wildman–Crippen LogP) is 3.68. The van der Waals surface area contributed by atoms with Crippen molar-refractivity contribution >= 4 is 17.4 Å². The zero-order valence-electron chi connectivity index (χ0n) is 14.4. The highest BCUT2D eigenvalue weighted by atomic mass is 35.5. The van der Waals surface area contributed by atoms with Gasteiger partial charge in [-0.15, -0.1) is 0 Å². The average molecular weight is 370 g/mol. The van der Waals surface area contributed by atoms with E-state index in [4.69, 9.17) is 17.3 Å². The smallest absolute Gasteiger partial charge is 0.129 e. The van der Waals surface area contributed by atoms with Crippen LogP contribution in [-0.2, 0) is 12.1 Å². The van der Waals surface area contributed by atoms with Crippen LogP contribution in [0, 0.1) is 12.7 Å². The molecule has 7 heteroatoms. The third kappa shape index (κ3) is 2.66. The number of nitrogens with two attached hydrogens (primary N) is 1. The maximum Gasteiger partial charge on any atom is 0.129 e. The molecule has 3 heterocycles. The Labute approximate surface area is 155 Å². The molecule has 0 saturated carbocycles. The van der Waals surface area contributed by atoms with Crippen LogP contribution in [-0.4, -0.2) is 20.6 Å². The second-order valence-electron chi connectivity index (χ2n) is 6.59. The van der Waals surface area contributed by atoms with Crippen molar-refractivity contribution in [2.45, 2.75) is 25.9 Å². The lowest BCUT2D eigenvalue weighted by Gasteiger charge is -2.31. The number of rotatable bonds is 2. The Morgan fingerprint density at radius 2 is 2.00 bits per heavy atom. The highest BCUT2D eigenvalue weighted by molar-refractivity contribution is 6.30. The molecule has 0 radical (unpaired) electrons. The summed E-state index contributed by atoms with van der Waals surface area (Å²) in [4.78, 5) is 8.71. The predicted molar refractivity (Wildman–Crippen MR) is 99.7 cm³/mol. The van der Waals surface area contributed by atoms with Gasteiger partial charge in [-0.25, -0.2) is 4.39 Å². The van der Waals surface area contributed by atoms with Crippen LogP contribution in [0.25, 0.3) is 11.1 Å². The Hall–Kier alpha value is -2.73. The number of pyridine rings is 1. The van der Waals surface area contributed by atoms with E-state index in [-0.39, 0.29) is 5.82 Å². The lowest BCUT2D eigenvalue weighted by atomic mass is 9.85. The molecule has 0 amide bonds. The van der Waals surface area contributed by atoms with Gasteiger partial charge in [0.2, 0.25) is 0 Å². The molecule has 1 aliphatic heterocycles. The van der Waals surface area contributed by atoms with Crippen LogP contribution in [0.15, 0.2) is 47.7 Å². The highest BCUT2D eigenvalue weighted by Gasteiger charge is 2.38. The molecule has 4 rings (SSSR count).